The van der Waals surface area contributed by atoms with Crippen LogP contribution in [0.5, 0.6) is 0 Å². The first kappa shape index (κ1) is 13.9. The maximum Gasteiger partial charge on any atom is 0.289 e. The first-order valence-corrected chi connectivity index (χ1v) is 6.91. The monoisotopic (exact) mass is 292 g/mol. The lowest BCUT2D eigenvalue weighted by Crippen LogP contribution is -2.19. The number of aromatic amines is 1. The van der Waals surface area contributed by atoms with E-state index in [-0.39, 0.29) is 5.91 Å². The summed E-state index contributed by atoms with van der Waals surface area (Å²) >= 11 is 0. The van der Waals surface area contributed by atoms with Crippen molar-refractivity contribution in [2.45, 2.75) is 6.92 Å². The summed E-state index contributed by atoms with van der Waals surface area (Å²) in [5, 5.41) is 4.79. The third-order valence-corrected chi connectivity index (χ3v) is 3.43. The Balaban J connectivity index is 1.76. The van der Waals surface area contributed by atoms with E-state index in [0.29, 0.717) is 11.4 Å². The number of hydrogen-bond acceptors (Lipinski definition) is 3. The van der Waals surface area contributed by atoms with Gasteiger partial charge in [0.2, 0.25) is 0 Å². The molecular weight excluding hydrogens is 276 g/mol. The smallest absolute Gasteiger partial charge is 0.289 e. The highest BCUT2D eigenvalue weighted by atomic mass is 16.2. The molecule has 2 aromatic carbocycles. The number of aryl methyl sites for hydroxylation is 1. The lowest BCUT2D eigenvalue weighted by Gasteiger charge is -1.99. The normalized spacial score (nSPS) is 11.1. The standard InChI is InChI=1S/C17H16N4O/c1-11-6-8-12(9-7-11)10-19-21-17(22)16-15(18)13-4-2-3-5-14(13)20-16/h2-10,20H,18H2,1H3,(H,21,22). The van der Waals surface area contributed by atoms with Crippen molar-refractivity contribution < 1.29 is 4.79 Å². The second-order valence-corrected chi connectivity index (χ2v) is 5.07. The molecule has 0 unspecified atom stereocenters. The second kappa shape index (κ2) is 5.73. The molecule has 5 nitrogen and oxygen atoms in total. The summed E-state index contributed by atoms with van der Waals surface area (Å²) in [5.41, 5.74) is 12.1. The Kier molecular flexibility index (Phi) is 3.62. The molecule has 0 aliphatic heterocycles. The fourth-order valence-electron chi connectivity index (χ4n) is 2.22. The van der Waals surface area contributed by atoms with E-state index in [1.165, 1.54) is 5.56 Å². The predicted octanol–water partition coefficient (Wildman–Crippen LogP) is 2.82. The van der Waals surface area contributed by atoms with Gasteiger partial charge in [-0.05, 0) is 18.6 Å². The highest BCUT2D eigenvalue weighted by Crippen LogP contribution is 2.24. The molecule has 22 heavy (non-hydrogen) atoms. The molecule has 0 saturated carbocycles. The van der Waals surface area contributed by atoms with Gasteiger partial charge in [-0.2, -0.15) is 5.10 Å². The molecule has 5 heteroatoms. The Morgan fingerprint density at radius 2 is 1.91 bits per heavy atom. The van der Waals surface area contributed by atoms with Crippen LogP contribution in [0.25, 0.3) is 10.9 Å². The van der Waals surface area contributed by atoms with Crippen LogP contribution in [0.15, 0.2) is 53.6 Å². The molecule has 0 spiro atoms. The number of para-hydroxylation sites is 1. The van der Waals surface area contributed by atoms with Crippen LogP contribution in [0.1, 0.15) is 21.6 Å². The topological polar surface area (TPSA) is 83.3 Å². The molecule has 1 heterocycles. The molecule has 1 amide bonds. The number of amides is 1. The largest absolute Gasteiger partial charge is 0.396 e. The summed E-state index contributed by atoms with van der Waals surface area (Å²) < 4.78 is 0. The van der Waals surface area contributed by atoms with Gasteiger partial charge in [-0.25, -0.2) is 5.43 Å². The highest BCUT2D eigenvalue weighted by Gasteiger charge is 2.14. The Morgan fingerprint density at radius 3 is 2.64 bits per heavy atom. The molecule has 0 aliphatic carbocycles. The number of nitrogens with one attached hydrogen (secondary N) is 2. The summed E-state index contributed by atoms with van der Waals surface area (Å²) in [4.78, 5) is 15.2. The summed E-state index contributed by atoms with van der Waals surface area (Å²) in [6.45, 7) is 2.02. The quantitative estimate of drug-likeness (QED) is 0.512. The highest BCUT2D eigenvalue weighted by molar-refractivity contribution is 6.07. The molecule has 4 N–H and O–H groups in total. The molecule has 110 valence electrons. The minimum Gasteiger partial charge on any atom is -0.396 e. The van der Waals surface area contributed by atoms with Crippen molar-refractivity contribution >= 4 is 28.7 Å². The molecule has 0 bridgehead atoms. The van der Waals surface area contributed by atoms with E-state index in [9.17, 15) is 4.79 Å². The van der Waals surface area contributed by atoms with Gasteiger partial charge in [0.1, 0.15) is 5.69 Å². The number of anilines is 1. The average Bonchev–Trinajstić information content (AvgIpc) is 2.87. The molecule has 1 aromatic heterocycles. The van der Waals surface area contributed by atoms with Gasteiger partial charge < -0.3 is 10.7 Å². The molecule has 0 radical (unpaired) electrons. The molecule has 0 atom stereocenters. The number of nitrogens with two attached hydrogens (primary N) is 1. The number of rotatable bonds is 3. The van der Waals surface area contributed by atoms with E-state index in [0.717, 1.165) is 16.5 Å². The van der Waals surface area contributed by atoms with Crippen LogP contribution < -0.4 is 11.2 Å². The molecule has 0 fully saturated rings. The minimum absolute atomic E-state index is 0.322. The Hall–Kier alpha value is -3.08. The zero-order valence-corrected chi connectivity index (χ0v) is 12.1. The Bertz CT molecular complexity index is 847. The molecule has 3 rings (SSSR count). The first-order valence-electron chi connectivity index (χ1n) is 6.91. The minimum atomic E-state index is -0.364. The predicted molar refractivity (Wildman–Crippen MR) is 89.0 cm³/mol. The maximum atomic E-state index is 12.1. The van der Waals surface area contributed by atoms with Gasteiger partial charge in [0.05, 0.1) is 11.9 Å². The van der Waals surface area contributed by atoms with E-state index in [4.69, 9.17) is 5.73 Å². The van der Waals surface area contributed by atoms with Crippen LogP contribution in [-0.4, -0.2) is 17.1 Å². The van der Waals surface area contributed by atoms with Crippen LogP contribution in [0.4, 0.5) is 5.69 Å². The third-order valence-electron chi connectivity index (χ3n) is 3.43. The summed E-state index contributed by atoms with van der Waals surface area (Å²) in [6, 6.07) is 15.3. The molecule has 0 saturated heterocycles. The van der Waals surface area contributed by atoms with Crippen LogP contribution in [-0.2, 0) is 0 Å². The number of hydrazone groups is 1. The summed E-state index contributed by atoms with van der Waals surface area (Å²) in [7, 11) is 0. The number of fused-ring (bicyclic) bond motifs is 1. The van der Waals surface area contributed by atoms with Crippen molar-refractivity contribution in [3.05, 3.63) is 65.4 Å². The van der Waals surface area contributed by atoms with Gasteiger partial charge >= 0.3 is 0 Å². The van der Waals surface area contributed by atoms with E-state index in [2.05, 4.69) is 15.5 Å². The van der Waals surface area contributed by atoms with Crippen LogP contribution in [0, 0.1) is 6.92 Å². The first-order chi connectivity index (χ1) is 10.6. The van der Waals surface area contributed by atoms with Gasteiger partial charge in [-0.1, -0.05) is 48.0 Å². The SMILES string of the molecule is Cc1ccc(C=NNC(=O)c2[nH]c3ccccc3c2N)cc1. The van der Waals surface area contributed by atoms with Crippen molar-refractivity contribution in [1.82, 2.24) is 10.4 Å². The van der Waals surface area contributed by atoms with Gasteiger partial charge in [-0.3, -0.25) is 4.79 Å². The lowest BCUT2D eigenvalue weighted by atomic mass is 10.2. The molecule has 0 aliphatic rings. The number of benzene rings is 2. The van der Waals surface area contributed by atoms with E-state index in [1.807, 2.05) is 55.5 Å². The number of hydrogen-bond donors (Lipinski definition) is 3. The van der Waals surface area contributed by atoms with Gasteiger partial charge in [-0.15, -0.1) is 0 Å². The summed E-state index contributed by atoms with van der Waals surface area (Å²) in [5.74, 6) is -0.364. The number of nitrogens with zero attached hydrogens (tertiary/aromatic N) is 1. The number of aromatic nitrogens is 1. The van der Waals surface area contributed by atoms with Gasteiger partial charge in [0, 0.05) is 10.9 Å². The third kappa shape index (κ3) is 2.69. The van der Waals surface area contributed by atoms with Crippen LogP contribution in [0.2, 0.25) is 0 Å². The van der Waals surface area contributed by atoms with Crippen molar-refractivity contribution in [3.8, 4) is 0 Å². The number of H-pyrrole nitrogens is 1. The van der Waals surface area contributed by atoms with Crippen LogP contribution in [0.3, 0.4) is 0 Å². The van der Waals surface area contributed by atoms with Crippen molar-refractivity contribution in [2.24, 2.45) is 5.10 Å². The van der Waals surface area contributed by atoms with Gasteiger partial charge in [0.15, 0.2) is 0 Å². The van der Waals surface area contributed by atoms with Gasteiger partial charge in [0.25, 0.3) is 5.91 Å². The summed E-state index contributed by atoms with van der Waals surface area (Å²) in [6.07, 6.45) is 1.59. The van der Waals surface area contributed by atoms with E-state index in [1.54, 1.807) is 6.21 Å². The van der Waals surface area contributed by atoms with E-state index >= 15 is 0 Å². The van der Waals surface area contributed by atoms with Crippen molar-refractivity contribution in [3.63, 3.8) is 0 Å². The zero-order chi connectivity index (χ0) is 15.5. The fraction of sp³-hybridized carbons (Fsp3) is 0.0588. The second-order valence-electron chi connectivity index (χ2n) is 5.07. The van der Waals surface area contributed by atoms with Crippen molar-refractivity contribution in [1.29, 1.82) is 0 Å². The number of carbonyl (C=O) groups is 1. The fourth-order valence-corrected chi connectivity index (χ4v) is 2.22. The number of nitrogen functional groups attached to an aromatic ring is 1. The van der Waals surface area contributed by atoms with E-state index < -0.39 is 0 Å². The Morgan fingerprint density at radius 1 is 1.18 bits per heavy atom. The number of carbonyl (C=O) groups excluding carboxylic acids is 1. The zero-order valence-electron chi connectivity index (χ0n) is 12.1. The lowest BCUT2D eigenvalue weighted by molar-refractivity contribution is 0.0952. The molecular formula is C17H16N4O. The average molecular weight is 292 g/mol. The van der Waals surface area contributed by atoms with Crippen LogP contribution >= 0.6 is 0 Å². The maximum absolute atomic E-state index is 12.1. The molecule has 3 aromatic rings. The Labute approximate surface area is 127 Å². The van der Waals surface area contributed by atoms with Crippen molar-refractivity contribution in [2.75, 3.05) is 5.73 Å².